The summed E-state index contributed by atoms with van der Waals surface area (Å²) in [6.45, 7) is 1.91. The summed E-state index contributed by atoms with van der Waals surface area (Å²) in [6.07, 6.45) is 1.62. The van der Waals surface area contributed by atoms with Crippen molar-refractivity contribution in [3.8, 4) is 11.6 Å². The Kier molecular flexibility index (Phi) is 4.41. The van der Waals surface area contributed by atoms with Gasteiger partial charge in [0.25, 0.3) is 0 Å². The van der Waals surface area contributed by atoms with Gasteiger partial charge >= 0.3 is 5.97 Å². The fourth-order valence-electron chi connectivity index (χ4n) is 1.44. The standard InChI is InChI=1S/C13H9BrINO3/c1-7-4-12(16-6-10(7)14)19-11-3-2-8(15)5-9(11)13(17)18/h2-6H,1H3,(H,17,18). The van der Waals surface area contributed by atoms with E-state index in [2.05, 4.69) is 43.5 Å². The van der Waals surface area contributed by atoms with Gasteiger partial charge in [-0.3, -0.25) is 0 Å². The predicted octanol–water partition coefficient (Wildman–Crippen LogP) is 4.25. The largest absolute Gasteiger partial charge is 0.478 e. The van der Waals surface area contributed by atoms with Gasteiger partial charge in [0.05, 0.1) is 0 Å². The fourth-order valence-corrected chi connectivity index (χ4v) is 2.15. The van der Waals surface area contributed by atoms with Gasteiger partial charge in [-0.25, -0.2) is 9.78 Å². The van der Waals surface area contributed by atoms with Crippen molar-refractivity contribution in [2.24, 2.45) is 0 Å². The molecule has 0 radical (unpaired) electrons. The second-order valence-corrected chi connectivity index (χ2v) is 5.92. The van der Waals surface area contributed by atoms with Crippen molar-refractivity contribution in [1.82, 2.24) is 4.98 Å². The van der Waals surface area contributed by atoms with E-state index in [-0.39, 0.29) is 11.3 Å². The van der Waals surface area contributed by atoms with Crippen LogP contribution in [0, 0.1) is 10.5 Å². The SMILES string of the molecule is Cc1cc(Oc2ccc(I)cc2C(=O)O)ncc1Br. The summed E-state index contributed by atoms with van der Waals surface area (Å²) in [7, 11) is 0. The number of carboxylic acid groups (broad SMARTS) is 1. The number of benzene rings is 1. The van der Waals surface area contributed by atoms with Gasteiger partial charge in [-0.1, -0.05) is 0 Å². The van der Waals surface area contributed by atoms with Gasteiger partial charge in [0, 0.05) is 20.3 Å². The molecule has 0 spiro atoms. The molecule has 0 aliphatic carbocycles. The lowest BCUT2D eigenvalue weighted by Crippen LogP contribution is -2.01. The molecule has 1 heterocycles. The number of aromatic carboxylic acids is 1. The molecule has 0 saturated heterocycles. The minimum Gasteiger partial charge on any atom is -0.478 e. The molecule has 1 N–H and O–H groups in total. The highest BCUT2D eigenvalue weighted by Gasteiger charge is 2.13. The van der Waals surface area contributed by atoms with Crippen LogP contribution >= 0.6 is 38.5 Å². The average molecular weight is 434 g/mol. The number of rotatable bonds is 3. The van der Waals surface area contributed by atoms with Crippen LogP contribution < -0.4 is 4.74 Å². The van der Waals surface area contributed by atoms with Crippen LogP contribution in [0.3, 0.4) is 0 Å². The van der Waals surface area contributed by atoms with Crippen molar-refractivity contribution in [3.63, 3.8) is 0 Å². The molecule has 0 bridgehead atoms. The summed E-state index contributed by atoms with van der Waals surface area (Å²) in [5.74, 6) is -0.381. The Labute approximate surface area is 132 Å². The minimum absolute atomic E-state index is 0.120. The van der Waals surface area contributed by atoms with Crippen LogP contribution in [0.1, 0.15) is 15.9 Å². The Morgan fingerprint density at radius 2 is 2.16 bits per heavy atom. The third kappa shape index (κ3) is 3.44. The molecule has 0 saturated carbocycles. The minimum atomic E-state index is -1.03. The lowest BCUT2D eigenvalue weighted by atomic mass is 10.2. The van der Waals surface area contributed by atoms with Gasteiger partial charge in [0.2, 0.25) is 5.88 Å². The van der Waals surface area contributed by atoms with E-state index in [0.29, 0.717) is 5.88 Å². The second-order valence-electron chi connectivity index (χ2n) is 3.82. The van der Waals surface area contributed by atoms with E-state index in [1.54, 1.807) is 30.5 Å². The molecule has 0 aliphatic rings. The molecule has 0 atom stereocenters. The summed E-state index contributed by atoms with van der Waals surface area (Å²) in [4.78, 5) is 15.3. The number of ether oxygens (including phenoxy) is 1. The van der Waals surface area contributed by atoms with Crippen LogP contribution in [0.4, 0.5) is 0 Å². The van der Waals surface area contributed by atoms with Crippen molar-refractivity contribution in [3.05, 3.63) is 49.6 Å². The third-order valence-corrected chi connectivity index (χ3v) is 3.91. The van der Waals surface area contributed by atoms with Crippen molar-refractivity contribution < 1.29 is 14.6 Å². The first-order valence-electron chi connectivity index (χ1n) is 5.30. The molecular weight excluding hydrogens is 425 g/mol. The Morgan fingerprint density at radius 1 is 1.42 bits per heavy atom. The Balaban J connectivity index is 2.37. The van der Waals surface area contributed by atoms with E-state index < -0.39 is 5.97 Å². The van der Waals surface area contributed by atoms with E-state index in [9.17, 15) is 4.79 Å². The fraction of sp³-hybridized carbons (Fsp3) is 0.0769. The van der Waals surface area contributed by atoms with Crippen LogP contribution in [-0.4, -0.2) is 16.1 Å². The van der Waals surface area contributed by atoms with Crippen molar-refractivity contribution in [2.45, 2.75) is 6.92 Å². The molecular formula is C13H9BrINO3. The van der Waals surface area contributed by atoms with Gasteiger partial charge in [0.15, 0.2) is 0 Å². The molecule has 0 aliphatic heterocycles. The molecule has 98 valence electrons. The molecule has 0 amide bonds. The summed E-state index contributed by atoms with van der Waals surface area (Å²) < 4.78 is 7.26. The number of nitrogens with zero attached hydrogens (tertiary/aromatic N) is 1. The van der Waals surface area contributed by atoms with E-state index >= 15 is 0 Å². The summed E-state index contributed by atoms with van der Waals surface area (Å²) >= 11 is 5.40. The van der Waals surface area contributed by atoms with Crippen LogP contribution in [0.25, 0.3) is 0 Å². The topological polar surface area (TPSA) is 59.4 Å². The van der Waals surface area contributed by atoms with Crippen LogP contribution in [0.5, 0.6) is 11.6 Å². The number of halogens is 2. The Morgan fingerprint density at radius 3 is 2.79 bits per heavy atom. The highest BCUT2D eigenvalue weighted by Crippen LogP contribution is 2.27. The normalized spacial score (nSPS) is 10.3. The molecule has 6 heteroatoms. The van der Waals surface area contributed by atoms with E-state index in [1.165, 1.54) is 0 Å². The second kappa shape index (κ2) is 5.87. The van der Waals surface area contributed by atoms with Gasteiger partial charge in [-0.15, -0.1) is 0 Å². The maximum Gasteiger partial charge on any atom is 0.339 e. The third-order valence-electron chi connectivity index (χ3n) is 2.41. The van der Waals surface area contributed by atoms with Gasteiger partial charge in [-0.2, -0.15) is 0 Å². The zero-order chi connectivity index (χ0) is 14.0. The van der Waals surface area contributed by atoms with Crippen molar-refractivity contribution in [1.29, 1.82) is 0 Å². The first-order valence-corrected chi connectivity index (χ1v) is 7.17. The first kappa shape index (κ1) is 14.3. The Hall–Kier alpha value is -1.15. The maximum absolute atomic E-state index is 11.2. The maximum atomic E-state index is 11.2. The first-order chi connectivity index (χ1) is 8.97. The number of carboxylic acids is 1. The lowest BCUT2D eigenvalue weighted by Gasteiger charge is -2.09. The van der Waals surface area contributed by atoms with Gasteiger partial charge in [-0.05, 0) is 69.2 Å². The molecule has 4 nitrogen and oxygen atoms in total. The van der Waals surface area contributed by atoms with Crippen LogP contribution in [-0.2, 0) is 0 Å². The van der Waals surface area contributed by atoms with Crippen molar-refractivity contribution in [2.75, 3.05) is 0 Å². The summed E-state index contributed by atoms with van der Waals surface area (Å²) in [5, 5.41) is 9.16. The molecule has 1 aromatic carbocycles. The monoisotopic (exact) mass is 433 g/mol. The summed E-state index contributed by atoms with van der Waals surface area (Å²) in [6, 6.07) is 6.72. The Bertz CT molecular complexity index is 646. The smallest absolute Gasteiger partial charge is 0.339 e. The highest BCUT2D eigenvalue weighted by molar-refractivity contribution is 14.1. The van der Waals surface area contributed by atoms with E-state index in [1.807, 2.05) is 6.92 Å². The quantitative estimate of drug-likeness (QED) is 0.735. The molecule has 0 fully saturated rings. The number of aromatic nitrogens is 1. The van der Waals surface area contributed by atoms with E-state index in [0.717, 1.165) is 13.6 Å². The highest BCUT2D eigenvalue weighted by atomic mass is 127. The number of aryl methyl sites for hydroxylation is 1. The number of carbonyl (C=O) groups is 1. The van der Waals surface area contributed by atoms with Crippen LogP contribution in [0.15, 0.2) is 34.9 Å². The van der Waals surface area contributed by atoms with Crippen molar-refractivity contribution >= 4 is 44.5 Å². The zero-order valence-electron chi connectivity index (χ0n) is 9.85. The zero-order valence-corrected chi connectivity index (χ0v) is 13.6. The molecule has 2 rings (SSSR count). The predicted molar refractivity (Wildman–Crippen MR) is 82.9 cm³/mol. The van der Waals surface area contributed by atoms with Crippen LogP contribution in [0.2, 0.25) is 0 Å². The lowest BCUT2D eigenvalue weighted by molar-refractivity contribution is 0.0694. The summed E-state index contributed by atoms with van der Waals surface area (Å²) in [5.41, 5.74) is 1.08. The number of pyridine rings is 1. The molecule has 0 unspecified atom stereocenters. The molecule has 1 aromatic heterocycles. The number of hydrogen-bond acceptors (Lipinski definition) is 3. The molecule has 19 heavy (non-hydrogen) atoms. The van der Waals surface area contributed by atoms with Gasteiger partial charge in [0.1, 0.15) is 11.3 Å². The average Bonchev–Trinajstić information content (AvgIpc) is 2.36. The van der Waals surface area contributed by atoms with Gasteiger partial charge < -0.3 is 9.84 Å². The molecule has 2 aromatic rings. The van der Waals surface area contributed by atoms with E-state index in [4.69, 9.17) is 9.84 Å². The number of hydrogen-bond donors (Lipinski definition) is 1.